The third-order valence-corrected chi connectivity index (χ3v) is 7.66. The minimum atomic E-state index is 0.752. The highest BCUT2D eigenvalue weighted by Crippen LogP contribution is 2.43. The monoisotopic (exact) mass is 342 g/mol. The SMILES string of the molecule is CCCCCC1CCC(C2CCC(C(CS)CS)CC2)CC1. The van der Waals surface area contributed by atoms with Crippen LogP contribution in [0.15, 0.2) is 0 Å². The first-order valence-corrected chi connectivity index (χ1v) is 11.3. The van der Waals surface area contributed by atoms with Crippen LogP contribution in [-0.4, -0.2) is 11.5 Å². The summed E-state index contributed by atoms with van der Waals surface area (Å²) in [7, 11) is 0. The molecule has 0 atom stereocenters. The number of hydrogen-bond acceptors (Lipinski definition) is 2. The highest BCUT2D eigenvalue weighted by Gasteiger charge is 2.32. The molecule has 22 heavy (non-hydrogen) atoms. The van der Waals surface area contributed by atoms with E-state index in [1.807, 2.05) is 0 Å². The fourth-order valence-electron chi connectivity index (χ4n) is 5.07. The van der Waals surface area contributed by atoms with E-state index in [1.54, 1.807) is 0 Å². The van der Waals surface area contributed by atoms with E-state index in [1.165, 1.54) is 77.0 Å². The van der Waals surface area contributed by atoms with Gasteiger partial charge >= 0.3 is 0 Å². The van der Waals surface area contributed by atoms with Crippen molar-refractivity contribution in [2.75, 3.05) is 11.5 Å². The van der Waals surface area contributed by atoms with Crippen molar-refractivity contribution in [2.45, 2.75) is 84.0 Å². The van der Waals surface area contributed by atoms with Gasteiger partial charge in [-0.3, -0.25) is 0 Å². The molecule has 0 aliphatic heterocycles. The van der Waals surface area contributed by atoms with Crippen LogP contribution in [0.1, 0.15) is 84.0 Å². The standard InChI is InChI=1S/C20H38S2/c1-2-3-4-5-16-6-8-17(9-7-16)18-10-12-19(13-11-18)20(14-21)15-22/h16-22H,2-15H2,1H3. The van der Waals surface area contributed by atoms with E-state index >= 15 is 0 Å². The number of hydrogen-bond donors (Lipinski definition) is 2. The molecule has 2 aliphatic rings. The first-order chi connectivity index (χ1) is 10.8. The van der Waals surface area contributed by atoms with Crippen molar-refractivity contribution < 1.29 is 0 Å². The summed E-state index contributed by atoms with van der Waals surface area (Å²) in [5.41, 5.74) is 0. The Bertz CT molecular complexity index is 271. The van der Waals surface area contributed by atoms with E-state index in [0.29, 0.717) is 0 Å². The largest absolute Gasteiger partial charge is 0.179 e. The smallest absolute Gasteiger partial charge is 0.00591 e. The van der Waals surface area contributed by atoms with Crippen LogP contribution < -0.4 is 0 Å². The third-order valence-electron chi connectivity index (χ3n) is 6.73. The molecule has 2 aliphatic carbocycles. The lowest BCUT2D eigenvalue weighted by Crippen LogP contribution is -2.29. The molecular formula is C20H38S2. The summed E-state index contributed by atoms with van der Waals surface area (Å²) >= 11 is 9.05. The van der Waals surface area contributed by atoms with Gasteiger partial charge in [0.1, 0.15) is 0 Å². The fourth-order valence-corrected chi connectivity index (χ4v) is 6.13. The Balaban J connectivity index is 1.66. The molecule has 0 heterocycles. The molecule has 0 nitrogen and oxygen atoms in total. The van der Waals surface area contributed by atoms with E-state index in [-0.39, 0.29) is 0 Å². The van der Waals surface area contributed by atoms with Gasteiger partial charge in [0.15, 0.2) is 0 Å². The lowest BCUT2D eigenvalue weighted by molar-refractivity contribution is 0.131. The van der Waals surface area contributed by atoms with Crippen molar-refractivity contribution in [1.29, 1.82) is 0 Å². The van der Waals surface area contributed by atoms with E-state index in [2.05, 4.69) is 32.2 Å². The van der Waals surface area contributed by atoms with Gasteiger partial charge in [0.25, 0.3) is 0 Å². The molecule has 0 aromatic heterocycles. The second-order valence-corrected chi connectivity index (χ2v) is 8.81. The molecule has 0 aromatic carbocycles. The molecule has 0 spiro atoms. The van der Waals surface area contributed by atoms with Crippen LogP contribution in [0.4, 0.5) is 0 Å². The summed E-state index contributed by atoms with van der Waals surface area (Å²) in [6.07, 6.45) is 17.8. The summed E-state index contributed by atoms with van der Waals surface area (Å²) in [5, 5.41) is 0. The number of rotatable bonds is 8. The predicted molar refractivity (Wildman–Crippen MR) is 106 cm³/mol. The molecule has 2 saturated carbocycles. The zero-order valence-corrected chi connectivity index (χ0v) is 16.5. The average Bonchev–Trinajstić information content (AvgIpc) is 2.58. The third kappa shape index (κ3) is 5.65. The Kier molecular flexibility index (Phi) is 9.12. The number of unbranched alkanes of at least 4 members (excludes halogenated alkanes) is 2. The molecular weight excluding hydrogens is 304 g/mol. The molecule has 0 radical (unpaired) electrons. The van der Waals surface area contributed by atoms with Crippen LogP contribution in [0.2, 0.25) is 0 Å². The second-order valence-electron chi connectivity index (χ2n) is 8.08. The molecule has 0 saturated heterocycles. The van der Waals surface area contributed by atoms with Gasteiger partial charge in [0.05, 0.1) is 0 Å². The van der Waals surface area contributed by atoms with Crippen molar-refractivity contribution in [3.63, 3.8) is 0 Å². The van der Waals surface area contributed by atoms with Crippen LogP contribution in [0.3, 0.4) is 0 Å². The molecule has 0 bridgehead atoms. The Morgan fingerprint density at radius 1 is 0.773 bits per heavy atom. The summed E-state index contributed by atoms with van der Waals surface area (Å²) in [5.74, 6) is 6.90. The normalized spacial score (nSPS) is 33.3. The van der Waals surface area contributed by atoms with Crippen LogP contribution in [0.25, 0.3) is 0 Å². The Morgan fingerprint density at radius 2 is 1.32 bits per heavy atom. The van der Waals surface area contributed by atoms with Gasteiger partial charge in [-0.1, -0.05) is 45.4 Å². The van der Waals surface area contributed by atoms with Crippen molar-refractivity contribution in [2.24, 2.45) is 29.6 Å². The van der Waals surface area contributed by atoms with E-state index < -0.39 is 0 Å². The minimum Gasteiger partial charge on any atom is -0.179 e. The molecule has 0 N–H and O–H groups in total. The maximum Gasteiger partial charge on any atom is -0.00591 e. The molecule has 2 fully saturated rings. The zero-order valence-electron chi connectivity index (χ0n) is 14.7. The molecule has 0 amide bonds. The second kappa shape index (κ2) is 10.5. The van der Waals surface area contributed by atoms with Gasteiger partial charge < -0.3 is 0 Å². The fraction of sp³-hybridized carbons (Fsp3) is 1.00. The van der Waals surface area contributed by atoms with E-state index in [4.69, 9.17) is 0 Å². The molecule has 0 unspecified atom stereocenters. The Morgan fingerprint density at radius 3 is 1.82 bits per heavy atom. The van der Waals surface area contributed by atoms with Gasteiger partial charge in [-0.05, 0) is 79.6 Å². The van der Waals surface area contributed by atoms with Gasteiger partial charge in [0, 0.05) is 0 Å². The van der Waals surface area contributed by atoms with E-state index in [0.717, 1.165) is 41.1 Å². The van der Waals surface area contributed by atoms with Crippen LogP contribution in [-0.2, 0) is 0 Å². The van der Waals surface area contributed by atoms with Crippen LogP contribution >= 0.6 is 25.3 Å². The Hall–Kier alpha value is 0.700. The maximum absolute atomic E-state index is 4.53. The highest BCUT2D eigenvalue weighted by molar-refractivity contribution is 7.81. The predicted octanol–water partition coefficient (Wildman–Crippen LogP) is 6.66. The average molecular weight is 343 g/mol. The van der Waals surface area contributed by atoms with Crippen molar-refractivity contribution >= 4 is 25.3 Å². The van der Waals surface area contributed by atoms with Gasteiger partial charge in [-0.25, -0.2) is 0 Å². The molecule has 0 aromatic rings. The van der Waals surface area contributed by atoms with Crippen molar-refractivity contribution in [3.8, 4) is 0 Å². The molecule has 130 valence electrons. The first-order valence-electron chi connectivity index (χ1n) is 10.00. The summed E-state index contributed by atoms with van der Waals surface area (Å²) < 4.78 is 0. The first kappa shape index (κ1) is 19.0. The van der Waals surface area contributed by atoms with Crippen LogP contribution in [0, 0.1) is 29.6 Å². The zero-order chi connectivity index (χ0) is 15.8. The number of thiol groups is 2. The molecule has 2 heteroatoms. The van der Waals surface area contributed by atoms with Gasteiger partial charge in [-0.2, -0.15) is 25.3 Å². The quantitative estimate of drug-likeness (QED) is 0.358. The maximum atomic E-state index is 4.53. The minimum absolute atomic E-state index is 0.752. The lowest BCUT2D eigenvalue weighted by atomic mass is 9.67. The van der Waals surface area contributed by atoms with Gasteiger partial charge in [-0.15, -0.1) is 0 Å². The summed E-state index contributed by atoms with van der Waals surface area (Å²) in [6.45, 7) is 2.32. The van der Waals surface area contributed by atoms with E-state index in [9.17, 15) is 0 Å². The Labute approximate surface area is 150 Å². The molecule has 2 rings (SSSR count). The lowest BCUT2D eigenvalue weighted by Gasteiger charge is -2.39. The highest BCUT2D eigenvalue weighted by atomic mass is 32.1. The van der Waals surface area contributed by atoms with Crippen molar-refractivity contribution in [3.05, 3.63) is 0 Å². The topological polar surface area (TPSA) is 0 Å². The van der Waals surface area contributed by atoms with Crippen LogP contribution in [0.5, 0.6) is 0 Å². The summed E-state index contributed by atoms with van der Waals surface area (Å²) in [4.78, 5) is 0. The summed E-state index contributed by atoms with van der Waals surface area (Å²) in [6, 6.07) is 0. The van der Waals surface area contributed by atoms with Crippen molar-refractivity contribution in [1.82, 2.24) is 0 Å². The van der Waals surface area contributed by atoms with Gasteiger partial charge in [0.2, 0.25) is 0 Å².